The van der Waals surface area contributed by atoms with E-state index in [9.17, 15) is 9.59 Å². The van der Waals surface area contributed by atoms with Crippen LogP contribution in [0.4, 0.5) is 11.4 Å². The number of hydrogen-bond acceptors (Lipinski definition) is 6. The van der Waals surface area contributed by atoms with Crippen molar-refractivity contribution in [1.29, 1.82) is 0 Å². The van der Waals surface area contributed by atoms with Gasteiger partial charge >= 0.3 is 5.97 Å². The third-order valence-electron chi connectivity index (χ3n) is 4.97. The number of esters is 1. The summed E-state index contributed by atoms with van der Waals surface area (Å²) in [7, 11) is 1.30. The summed E-state index contributed by atoms with van der Waals surface area (Å²) in [5.74, 6) is -0.833. The summed E-state index contributed by atoms with van der Waals surface area (Å²) in [4.78, 5) is 28.5. The zero-order valence-corrected chi connectivity index (χ0v) is 15.2. The Morgan fingerprint density at radius 3 is 2.69 bits per heavy atom. The van der Waals surface area contributed by atoms with Crippen molar-refractivity contribution in [3.05, 3.63) is 35.0 Å². The van der Waals surface area contributed by atoms with E-state index in [1.807, 2.05) is 19.1 Å². The van der Waals surface area contributed by atoms with Gasteiger partial charge in [-0.2, -0.15) is 0 Å². The number of aliphatic hydroxyl groups is 1. The van der Waals surface area contributed by atoms with Crippen LogP contribution in [0.1, 0.15) is 18.4 Å². The van der Waals surface area contributed by atoms with Crippen LogP contribution < -0.4 is 10.2 Å². The van der Waals surface area contributed by atoms with E-state index >= 15 is 0 Å². The number of aliphatic hydroxyl groups excluding tert-OH is 1. The molecular formula is C19H25N3O4. The Bertz CT molecular complexity index is 738. The predicted molar refractivity (Wildman–Crippen MR) is 99.0 cm³/mol. The molecule has 0 bridgehead atoms. The van der Waals surface area contributed by atoms with E-state index in [4.69, 9.17) is 9.84 Å². The molecule has 2 N–H and O–H groups in total. The van der Waals surface area contributed by atoms with Gasteiger partial charge in [-0.15, -0.1) is 0 Å². The minimum atomic E-state index is -0.533. The van der Waals surface area contributed by atoms with Crippen LogP contribution in [0.2, 0.25) is 0 Å². The van der Waals surface area contributed by atoms with Crippen LogP contribution in [0.15, 0.2) is 29.5 Å². The number of carbonyl (C=O) groups is 2. The summed E-state index contributed by atoms with van der Waals surface area (Å²) in [6.45, 7) is 4.24. The largest absolute Gasteiger partial charge is 0.466 e. The fourth-order valence-electron chi connectivity index (χ4n) is 3.54. The van der Waals surface area contributed by atoms with Gasteiger partial charge in [0.25, 0.3) is 5.91 Å². The molecule has 2 aliphatic rings. The molecule has 0 unspecified atom stereocenters. The Hall–Kier alpha value is -2.54. The van der Waals surface area contributed by atoms with Crippen molar-refractivity contribution in [2.24, 2.45) is 0 Å². The third kappa shape index (κ3) is 3.39. The van der Waals surface area contributed by atoms with Crippen molar-refractivity contribution in [2.45, 2.75) is 19.8 Å². The summed E-state index contributed by atoms with van der Waals surface area (Å²) >= 11 is 0. The van der Waals surface area contributed by atoms with Crippen LogP contribution in [-0.4, -0.2) is 61.8 Å². The van der Waals surface area contributed by atoms with Crippen molar-refractivity contribution in [3.63, 3.8) is 0 Å². The van der Waals surface area contributed by atoms with Gasteiger partial charge in [0.1, 0.15) is 5.70 Å². The quantitative estimate of drug-likeness (QED) is 0.745. The number of benzene rings is 1. The van der Waals surface area contributed by atoms with Crippen molar-refractivity contribution >= 4 is 23.3 Å². The molecule has 3 rings (SSSR count). The molecule has 0 spiro atoms. The number of amides is 1. The van der Waals surface area contributed by atoms with Gasteiger partial charge in [0.2, 0.25) is 0 Å². The van der Waals surface area contributed by atoms with Crippen LogP contribution in [0.5, 0.6) is 0 Å². The molecule has 1 saturated heterocycles. The molecule has 7 nitrogen and oxygen atoms in total. The van der Waals surface area contributed by atoms with E-state index in [2.05, 4.69) is 16.3 Å². The zero-order valence-electron chi connectivity index (χ0n) is 15.2. The molecule has 1 aromatic carbocycles. The Labute approximate surface area is 153 Å². The predicted octanol–water partition coefficient (Wildman–Crippen LogP) is 1.27. The van der Waals surface area contributed by atoms with E-state index in [1.54, 1.807) is 0 Å². The Morgan fingerprint density at radius 2 is 2.04 bits per heavy atom. The van der Waals surface area contributed by atoms with E-state index in [0.717, 1.165) is 30.0 Å². The number of β-amino-alcohol motifs (C(OH)–C–C–N with tert-alkyl or cyclic N) is 1. The maximum Gasteiger partial charge on any atom is 0.337 e. The van der Waals surface area contributed by atoms with Crippen LogP contribution >= 0.6 is 0 Å². The molecule has 1 fully saturated rings. The second kappa shape index (κ2) is 7.78. The van der Waals surface area contributed by atoms with Crippen LogP contribution in [0.25, 0.3) is 0 Å². The number of rotatable bonds is 6. The van der Waals surface area contributed by atoms with Crippen molar-refractivity contribution in [3.8, 4) is 0 Å². The van der Waals surface area contributed by atoms with Crippen LogP contribution in [0.3, 0.4) is 0 Å². The number of anilines is 2. The van der Waals surface area contributed by atoms with Crippen molar-refractivity contribution in [2.75, 3.05) is 50.1 Å². The molecule has 0 radical (unpaired) electrons. The molecule has 140 valence electrons. The SMILES string of the molecule is COC(=O)C1=C(Nc2cccc(N3CCCC3)c2C)C(=O)N(CCO)C1. The van der Waals surface area contributed by atoms with E-state index in [1.165, 1.54) is 24.9 Å². The summed E-state index contributed by atoms with van der Waals surface area (Å²) in [6, 6.07) is 5.93. The first kappa shape index (κ1) is 18.3. The molecule has 1 amide bonds. The van der Waals surface area contributed by atoms with Crippen LogP contribution in [0, 0.1) is 6.92 Å². The van der Waals surface area contributed by atoms with Gasteiger partial charge in [0.05, 0.1) is 25.8 Å². The summed E-state index contributed by atoms with van der Waals surface area (Å²) in [5, 5.41) is 12.3. The van der Waals surface area contributed by atoms with Crippen molar-refractivity contribution < 1.29 is 19.4 Å². The highest BCUT2D eigenvalue weighted by atomic mass is 16.5. The molecule has 0 aliphatic carbocycles. The average Bonchev–Trinajstić information content (AvgIpc) is 3.27. The number of hydrogen-bond donors (Lipinski definition) is 2. The van der Waals surface area contributed by atoms with Crippen LogP contribution in [-0.2, 0) is 14.3 Å². The lowest BCUT2D eigenvalue weighted by Gasteiger charge is -2.22. The third-order valence-corrected chi connectivity index (χ3v) is 4.97. The average molecular weight is 359 g/mol. The monoisotopic (exact) mass is 359 g/mol. The van der Waals surface area contributed by atoms with Gasteiger partial charge in [-0.25, -0.2) is 4.79 Å². The fraction of sp³-hybridized carbons (Fsp3) is 0.474. The lowest BCUT2D eigenvalue weighted by atomic mass is 10.1. The molecule has 26 heavy (non-hydrogen) atoms. The topological polar surface area (TPSA) is 82.1 Å². The Balaban J connectivity index is 1.91. The second-order valence-electron chi connectivity index (χ2n) is 6.56. The minimum absolute atomic E-state index is 0.138. The molecule has 2 aliphatic heterocycles. The highest BCUT2D eigenvalue weighted by molar-refractivity contribution is 6.08. The highest BCUT2D eigenvalue weighted by Gasteiger charge is 2.34. The van der Waals surface area contributed by atoms with E-state index in [-0.39, 0.29) is 36.9 Å². The second-order valence-corrected chi connectivity index (χ2v) is 6.56. The smallest absolute Gasteiger partial charge is 0.337 e. The maximum atomic E-state index is 12.7. The lowest BCUT2D eigenvalue weighted by Crippen LogP contribution is -2.31. The Kier molecular flexibility index (Phi) is 5.46. The number of nitrogens with one attached hydrogen (secondary N) is 1. The first-order valence-electron chi connectivity index (χ1n) is 8.90. The maximum absolute atomic E-state index is 12.7. The normalized spacial score (nSPS) is 17.3. The van der Waals surface area contributed by atoms with Gasteiger partial charge in [-0.3, -0.25) is 4.79 Å². The van der Waals surface area contributed by atoms with Gasteiger partial charge in [-0.1, -0.05) is 6.07 Å². The number of nitrogens with zero attached hydrogens (tertiary/aromatic N) is 2. The van der Waals surface area contributed by atoms with E-state index < -0.39 is 5.97 Å². The standard InChI is InChI=1S/C19H25N3O4/c1-13-15(6-5-7-16(13)21-8-3-4-9-21)20-17-14(19(25)26-2)12-22(10-11-23)18(17)24/h5-7,20,23H,3-4,8-12H2,1-2H3. The van der Waals surface area contributed by atoms with Gasteiger partial charge in [0.15, 0.2) is 0 Å². The Morgan fingerprint density at radius 1 is 1.31 bits per heavy atom. The molecule has 2 heterocycles. The summed E-state index contributed by atoms with van der Waals surface area (Å²) in [5.41, 5.74) is 3.50. The fourth-order valence-corrected chi connectivity index (χ4v) is 3.54. The van der Waals surface area contributed by atoms with Gasteiger partial charge < -0.3 is 25.0 Å². The molecule has 0 aromatic heterocycles. The van der Waals surface area contributed by atoms with E-state index in [0.29, 0.717) is 0 Å². The summed E-state index contributed by atoms with van der Waals surface area (Å²) < 4.78 is 4.83. The van der Waals surface area contributed by atoms with Gasteiger partial charge in [-0.05, 0) is 37.5 Å². The first-order chi connectivity index (χ1) is 12.6. The molecule has 0 saturated carbocycles. The number of carbonyl (C=O) groups excluding carboxylic acids is 2. The number of ether oxygens (including phenoxy) is 1. The molecule has 7 heteroatoms. The first-order valence-corrected chi connectivity index (χ1v) is 8.90. The highest BCUT2D eigenvalue weighted by Crippen LogP contribution is 2.31. The molecule has 0 atom stereocenters. The zero-order chi connectivity index (χ0) is 18.7. The molecule has 1 aromatic rings. The summed E-state index contributed by atoms with van der Waals surface area (Å²) in [6.07, 6.45) is 2.37. The van der Waals surface area contributed by atoms with Crippen molar-refractivity contribution in [1.82, 2.24) is 4.90 Å². The lowest BCUT2D eigenvalue weighted by molar-refractivity contribution is -0.136. The molecular weight excluding hydrogens is 334 g/mol. The van der Waals surface area contributed by atoms with Gasteiger partial charge in [0, 0.05) is 31.0 Å². The number of methoxy groups -OCH3 is 1. The minimum Gasteiger partial charge on any atom is -0.466 e.